The minimum absolute atomic E-state index is 0.164. The lowest BCUT2D eigenvalue weighted by Crippen LogP contribution is -2.29. The molecule has 1 fully saturated rings. The molecule has 0 radical (unpaired) electrons. The maximum atomic E-state index is 12.8. The molecule has 30 heavy (non-hydrogen) atoms. The van der Waals surface area contributed by atoms with Crippen LogP contribution >= 0.6 is 11.6 Å². The van der Waals surface area contributed by atoms with Gasteiger partial charge in [-0.15, -0.1) is 0 Å². The molecule has 1 saturated carbocycles. The van der Waals surface area contributed by atoms with Crippen LogP contribution in [0.4, 0.5) is 0 Å². The summed E-state index contributed by atoms with van der Waals surface area (Å²) in [6, 6.07) is 16.2. The van der Waals surface area contributed by atoms with Crippen LogP contribution < -0.4 is 10.9 Å². The van der Waals surface area contributed by atoms with Crippen LogP contribution in [-0.2, 0) is 0 Å². The molecular formula is C23H19ClN4O2. The van der Waals surface area contributed by atoms with Gasteiger partial charge in [-0.05, 0) is 62.6 Å². The van der Waals surface area contributed by atoms with Crippen LogP contribution in [0.5, 0.6) is 0 Å². The summed E-state index contributed by atoms with van der Waals surface area (Å²) >= 11 is 6.03. The summed E-state index contributed by atoms with van der Waals surface area (Å²) in [4.78, 5) is 32.8. The van der Waals surface area contributed by atoms with E-state index in [4.69, 9.17) is 11.6 Å². The second kappa shape index (κ2) is 7.19. The average molecular weight is 419 g/mol. The molecule has 2 heterocycles. The standard InChI is InChI=1S/C23H19ClN4O2/c1-13(22-26-18-8-7-16(24)12-19(18)27-22)25-23(30)15-5-9-20-14(11-15)6-10-21(29)28(20)17-3-2-4-17/h5,7-9,11-13,17H,2-4H2,1H3,(H,25,30)(H,26,27). The lowest BCUT2D eigenvalue weighted by molar-refractivity contribution is 0.0938. The molecule has 0 saturated heterocycles. The molecular weight excluding hydrogens is 400 g/mol. The van der Waals surface area contributed by atoms with Gasteiger partial charge in [0.1, 0.15) is 5.82 Å². The zero-order chi connectivity index (χ0) is 20.8. The highest BCUT2D eigenvalue weighted by Gasteiger charge is 2.22. The first-order valence-corrected chi connectivity index (χ1v) is 10.3. The van der Waals surface area contributed by atoms with Gasteiger partial charge in [-0.25, -0.2) is 4.98 Å². The van der Waals surface area contributed by atoms with E-state index in [0.717, 1.165) is 35.8 Å². The number of nitrogens with zero attached hydrogens (tertiary/aromatic N) is 2. The number of rotatable bonds is 4. The SMILES string of the molecule is CC(NC(=O)c1ccc2c(c#cc(=O)n2C2CCC2)c1)c1nc2ccc(Cl)cc2[nH]1. The lowest BCUT2D eigenvalue weighted by Gasteiger charge is -2.28. The summed E-state index contributed by atoms with van der Waals surface area (Å²) in [6.07, 6.45) is 3.12. The number of hydrogen-bond donors (Lipinski definition) is 2. The van der Waals surface area contributed by atoms with Crippen molar-refractivity contribution in [2.24, 2.45) is 0 Å². The number of fused-ring (bicyclic) bond motifs is 2. The second-order valence-corrected chi connectivity index (χ2v) is 8.16. The second-order valence-electron chi connectivity index (χ2n) is 7.72. The topological polar surface area (TPSA) is 79.8 Å². The molecule has 1 unspecified atom stereocenters. The molecule has 150 valence electrons. The van der Waals surface area contributed by atoms with E-state index in [1.807, 2.05) is 19.1 Å². The Kier molecular flexibility index (Phi) is 4.48. The van der Waals surface area contributed by atoms with Crippen molar-refractivity contribution in [2.45, 2.75) is 38.3 Å². The average Bonchev–Trinajstić information content (AvgIpc) is 3.11. The van der Waals surface area contributed by atoms with Gasteiger partial charge in [0.05, 0.1) is 22.6 Å². The molecule has 1 amide bonds. The number of halogens is 1. The number of H-pyrrole nitrogens is 1. The highest BCUT2D eigenvalue weighted by atomic mass is 35.5. The quantitative estimate of drug-likeness (QED) is 0.517. The van der Waals surface area contributed by atoms with E-state index < -0.39 is 0 Å². The van der Waals surface area contributed by atoms with Gasteiger partial charge in [-0.2, -0.15) is 0 Å². The smallest absolute Gasteiger partial charge is 0.303 e. The lowest BCUT2D eigenvalue weighted by atomic mass is 9.92. The van der Waals surface area contributed by atoms with Crippen molar-refractivity contribution in [3.63, 3.8) is 0 Å². The number of nitrogens with one attached hydrogen (secondary N) is 2. The first kappa shape index (κ1) is 18.7. The van der Waals surface area contributed by atoms with Crippen LogP contribution in [-0.4, -0.2) is 20.4 Å². The predicted molar refractivity (Wildman–Crippen MR) is 116 cm³/mol. The van der Waals surface area contributed by atoms with Crippen molar-refractivity contribution in [1.29, 1.82) is 0 Å². The number of hydrogen-bond acceptors (Lipinski definition) is 3. The van der Waals surface area contributed by atoms with E-state index in [1.54, 1.807) is 28.8 Å². The van der Waals surface area contributed by atoms with Gasteiger partial charge in [0.15, 0.2) is 0 Å². The highest BCUT2D eigenvalue weighted by Crippen LogP contribution is 2.32. The van der Waals surface area contributed by atoms with Crippen LogP contribution in [0.25, 0.3) is 21.9 Å². The fourth-order valence-electron chi connectivity index (χ4n) is 3.84. The van der Waals surface area contributed by atoms with Crippen molar-refractivity contribution < 1.29 is 4.79 Å². The molecule has 1 atom stereocenters. The van der Waals surface area contributed by atoms with Crippen LogP contribution in [0.3, 0.4) is 0 Å². The first-order valence-electron chi connectivity index (χ1n) is 9.95. The molecule has 1 aliphatic carbocycles. The minimum Gasteiger partial charge on any atom is -0.342 e. The van der Waals surface area contributed by atoms with Gasteiger partial charge in [0.2, 0.25) is 0 Å². The van der Waals surface area contributed by atoms with Crippen molar-refractivity contribution in [3.05, 3.63) is 75.3 Å². The number of benzene rings is 2. The van der Waals surface area contributed by atoms with Gasteiger partial charge < -0.3 is 10.3 Å². The Balaban J connectivity index is 1.41. The van der Waals surface area contributed by atoms with E-state index in [0.29, 0.717) is 21.8 Å². The Morgan fingerprint density at radius 1 is 1.27 bits per heavy atom. The van der Waals surface area contributed by atoms with Crippen LogP contribution in [0.1, 0.15) is 54.5 Å². The van der Waals surface area contributed by atoms with Crippen molar-refractivity contribution >= 4 is 39.4 Å². The maximum Gasteiger partial charge on any atom is 0.303 e. The summed E-state index contributed by atoms with van der Waals surface area (Å²) in [5, 5.41) is 4.30. The summed E-state index contributed by atoms with van der Waals surface area (Å²) in [6.45, 7) is 1.87. The van der Waals surface area contributed by atoms with Crippen molar-refractivity contribution in [3.8, 4) is 0 Å². The van der Waals surface area contributed by atoms with Crippen LogP contribution in [0.15, 0.2) is 41.2 Å². The Labute approximate surface area is 177 Å². The van der Waals surface area contributed by atoms with Crippen LogP contribution in [0.2, 0.25) is 5.02 Å². The zero-order valence-corrected chi connectivity index (χ0v) is 17.1. The molecule has 0 aliphatic heterocycles. The van der Waals surface area contributed by atoms with Crippen molar-refractivity contribution in [2.75, 3.05) is 0 Å². The molecule has 6 nitrogen and oxygen atoms in total. The van der Waals surface area contributed by atoms with Gasteiger partial charge in [-0.3, -0.25) is 14.2 Å². The molecule has 4 aromatic rings. The Morgan fingerprint density at radius 2 is 2.10 bits per heavy atom. The number of aromatic amines is 1. The fraction of sp³-hybridized carbons (Fsp3) is 0.261. The van der Waals surface area contributed by atoms with Gasteiger partial charge in [0.25, 0.3) is 5.91 Å². The van der Waals surface area contributed by atoms with E-state index >= 15 is 0 Å². The number of imidazole rings is 1. The molecule has 0 bridgehead atoms. The maximum absolute atomic E-state index is 12.8. The van der Waals surface area contributed by atoms with Gasteiger partial charge in [-0.1, -0.05) is 17.7 Å². The highest BCUT2D eigenvalue weighted by molar-refractivity contribution is 6.31. The number of carbonyl (C=O) groups is 1. The Morgan fingerprint density at radius 3 is 2.87 bits per heavy atom. The third-order valence-corrected chi connectivity index (χ3v) is 5.94. The van der Waals surface area contributed by atoms with E-state index in [1.165, 1.54) is 0 Å². The normalized spacial score (nSPS) is 15.0. The van der Waals surface area contributed by atoms with Gasteiger partial charge >= 0.3 is 5.56 Å². The number of carbonyl (C=O) groups excluding carboxylic acids is 1. The Bertz CT molecular complexity index is 1340. The molecule has 0 spiro atoms. The predicted octanol–water partition coefficient (Wildman–Crippen LogP) is 4.35. The zero-order valence-electron chi connectivity index (χ0n) is 16.3. The molecule has 1 aliphatic rings. The number of aromatic nitrogens is 3. The first-order chi connectivity index (χ1) is 14.5. The third-order valence-electron chi connectivity index (χ3n) is 5.70. The molecule has 5 rings (SSSR count). The largest absolute Gasteiger partial charge is 0.342 e. The molecule has 2 N–H and O–H groups in total. The summed E-state index contributed by atoms with van der Waals surface area (Å²) in [5.74, 6) is 0.429. The summed E-state index contributed by atoms with van der Waals surface area (Å²) in [7, 11) is 0. The van der Waals surface area contributed by atoms with Crippen LogP contribution in [0, 0.1) is 12.1 Å². The third kappa shape index (κ3) is 3.21. The van der Waals surface area contributed by atoms with E-state index in [2.05, 4.69) is 27.4 Å². The summed E-state index contributed by atoms with van der Waals surface area (Å²) < 4.78 is 1.78. The molecule has 2 aromatic carbocycles. The number of amides is 1. The Hall–Kier alpha value is -3.30. The van der Waals surface area contributed by atoms with Crippen molar-refractivity contribution in [1.82, 2.24) is 19.9 Å². The van der Waals surface area contributed by atoms with Gasteiger partial charge in [0, 0.05) is 28.1 Å². The van der Waals surface area contributed by atoms with E-state index in [-0.39, 0.29) is 23.6 Å². The summed E-state index contributed by atoms with van der Waals surface area (Å²) in [5.41, 5.74) is 2.74. The monoisotopic (exact) mass is 418 g/mol. The fourth-order valence-corrected chi connectivity index (χ4v) is 4.01. The minimum atomic E-state index is -0.321. The molecule has 2 aromatic heterocycles. The van der Waals surface area contributed by atoms with E-state index in [9.17, 15) is 9.59 Å². The molecule has 7 heteroatoms.